The Morgan fingerprint density at radius 3 is 2.48 bits per heavy atom. The van der Waals surface area contributed by atoms with E-state index in [1.807, 2.05) is 72.8 Å². The first-order valence-electron chi connectivity index (χ1n) is 9.56. The molecule has 5 heteroatoms. The highest BCUT2D eigenvalue weighted by Gasteiger charge is 2.25. The van der Waals surface area contributed by atoms with Gasteiger partial charge in [0.2, 0.25) is 5.91 Å². The van der Waals surface area contributed by atoms with E-state index in [1.165, 1.54) is 0 Å². The van der Waals surface area contributed by atoms with Crippen LogP contribution in [0.3, 0.4) is 0 Å². The van der Waals surface area contributed by atoms with E-state index in [1.54, 1.807) is 12.0 Å². The van der Waals surface area contributed by atoms with E-state index in [0.717, 1.165) is 34.7 Å². The van der Waals surface area contributed by atoms with Crippen LogP contribution in [0.2, 0.25) is 0 Å². The quantitative estimate of drug-likeness (QED) is 0.719. The van der Waals surface area contributed by atoms with Gasteiger partial charge in [-0.3, -0.25) is 9.59 Å². The van der Waals surface area contributed by atoms with E-state index >= 15 is 0 Å². The molecule has 0 saturated carbocycles. The number of benzene rings is 3. The lowest BCUT2D eigenvalue weighted by atomic mass is 10.1. The maximum atomic E-state index is 12.8. The molecular formula is C24H22N2O3. The molecule has 3 aromatic carbocycles. The molecule has 2 amide bonds. The van der Waals surface area contributed by atoms with Crippen LogP contribution in [-0.4, -0.2) is 25.5 Å². The van der Waals surface area contributed by atoms with E-state index in [-0.39, 0.29) is 11.8 Å². The second kappa shape index (κ2) is 8.19. The number of hydrogen-bond acceptors (Lipinski definition) is 3. The summed E-state index contributed by atoms with van der Waals surface area (Å²) < 4.78 is 5.14. The highest BCUT2D eigenvalue weighted by molar-refractivity contribution is 6.07. The number of hydrogen-bond donors (Lipinski definition) is 1. The smallest absolute Gasteiger partial charge is 0.258 e. The third kappa shape index (κ3) is 4.14. The predicted octanol–water partition coefficient (Wildman–Crippen LogP) is 4.08. The highest BCUT2D eigenvalue weighted by Crippen LogP contribution is 2.31. The maximum absolute atomic E-state index is 12.8. The first-order chi connectivity index (χ1) is 14.1. The predicted molar refractivity (Wildman–Crippen MR) is 114 cm³/mol. The molecule has 29 heavy (non-hydrogen) atoms. The van der Waals surface area contributed by atoms with Gasteiger partial charge < -0.3 is 15.0 Å². The first-order valence-corrected chi connectivity index (χ1v) is 9.56. The monoisotopic (exact) mass is 386 g/mol. The molecule has 0 fully saturated rings. The number of rotatable bonds is 5. The molecule has 0 bridgehead atoms. The Kier molecular flexibility index (Phi) is 5.29. The molecule has 0 atom stereocenters. The van der Waals surface area contributed by atoms with Gasteiger partial charge in [0.25, 0.3) is 5.91 Å². The fourth-order valence-corrected chi connectivity index (χ4v) is 3.56. The molecule has 3 aromatic rings. The minimum absolute atomic E-state index is 0.000594. The molecule has 0 aliphatic carbocycles. The molecule has 5 nitrogen and oxygen atoms in total. The number of fused-ring (bicyclic) bond motifs is 1. The molecule has 1 aliphatic heterocycles. The van der Waals surface area contributed by atoms with Crippen LogP contribution in [0.25, 0.3) is 0 Å². The summed E-state index contributed by atoms with van der Waals surface area (Å²) in [4.78, 5) is 27.0. The Balaban J connectivity index is 1.43. The van der Waals surface area contributed by atoms with Crippen LogP contribution in [0.4, 0.5) is 11.4 Å². The van der Waals surface area contributed by atoms with Crippen molar-refractivity contribution in [1.29, 1.82) is 0 Å². The van der Waals surface area contributed by atoms with Crippen molar-refractivity contribution in [2.75, 3.05) is 23.9 Å². The number of amides is 2. The first kappa shape index (κ1) is 18.7. The summed E-state index contributed by atoms with van der Waals surface area (Å²) in [6.45, 7) is 0.645. The second-order valence-electron chi connectivity index (χ2n) is 6.99. The van der Waals surface area contributed by atoms with E-state index in [9.17, 15) is 9.59 Å². The van der Waals surface area contributed by atoms with Gasteiger partial charge in [-0.25, -0.2) is 0 Å². The van der Waals surface area contributed by atoms with Crippen LogP contribution in [0, 0.1) is 0 Å². The average Bonchev–Trinajstić information content (AvgIpc) is 3.17. The van der Waals surface area contributed by atoms with Crippen LogP contribution >= 0.6 is 0 Å². The van der Waals surface area contributed by atoms with Crippen molar-refractivity contribution in [3.05, 3.63) is 89.5 Å². The summed E-state index contributed by atoms with van der Waals surface area (Å²) in [6.07, 6.45) is 1.07. The topological polar surface area (TPSA) is 58.6 Å². The van der Waals surface area contributed by atoms with Crippen LogP contribution < -0.4 is 15.0 Å². The summed E-state index contributed by atoms with van der Waals surface area (Å²) in [7, 11) is 1.62. The Labute approximate surface area is 169 Å². The number of anilines is 2. The van der Waals surface area contributed by atoms with Gasteiger partial charge in [0, 0.05) is 23.5 Å². The van der Waals surface area contributed by atoms with Gasteiger partial charge in [0.05, 0.1) is 13.5 Å². The lowest BCUT2D eigenvalue weighted by Gasteiger charge is -2.17. The standard InChI is InChI=1S/C24H22N2O3/c1-29-21-10-7-17(8-11-21)15-23(27)25-20-9-12-22-19(16-20)13-14-26(22)24(28)18-5-3-2-4-6-18/h2-12,16H,13-15H2,1H3,(H,25,27). The van der Waals surface area contributed by atoms with Crippen molar-refractivity contribution in [3.8, 4) is 5.75 Å². The molecule has 1 N–H and O–H groups in total. The summed E-state index contributed by atoms with van der Waals surface area (Å²) in [5, 5.41) is 2.95. The van der Waals surface area contributed by atoms with Crippen molar-refractivity contribution in [2.45, 2.75) is 12.8 Å². The van der Waals surface area contributed by atoms with E-state index in [0.29, 0.717) is 18.5 Å². The summed E-state index contributed by atoms with van der Waals surface area (Å²) >= 11 is 0. The maximum Gasteiger partial charge on any atom is 0.258 e. The molecule has 146 valence electrons. The largest absolute Gasteiger partial charge is 0.497 e. The molecule has 0 saturated heterocycles. The van der Waals surface area contributed by atoms with Gasteiger partial charge in [-0.2, -0.15) is 0 Å². The molecule has 0 radical (unpaired) electrons. The summed E-state index contributed by atoms with van der Waals surface area (Å²) in [6, 6.07) is 22.5. The van der Waals surface area contributed by atoms with Crippen molar-refractivity contribution < 1.29 is 14.3 Å². The fraction of sp³-hybridized carbons (Fsp3) is 0.167. The molecule has 0 unspecified atom stereocenters. The Hall–Kier alpha value is -3.60. The van der Waals surface area contributed by atoms with Crippen LogP contribution in [0.5, 0.6) is 5.75 Å². The van der Waals surface area contributed by atoms with Gasteiger partial charge in [-0.15, -0.1) is 0 Å². The number of ether oxygens (including phenoxy) is 1. The zero-order valence-electron chi connectivity index (χ0n) is 16.2. The average molecular weight is 386 g/mol. The van der Waals surface area contributed by atoms with Gasteiger partial charge in [0.1, 0.15) is 5.75 Å². The van der Waals surface area contributed by atoms with Crippen molar-refractivity contribution in [2.24, 2.45) is 0 Å². The number of carbonyl (C=O) groups is 2. The third-order valence-corrected chi connectivity index (χ3v) is 5.05. The van der Waals surface area contributed by atoms with Gasteiger partial charge in [0.15, 0.2) is 0 Å². The van der Waals surface area contributed by atoms with Gasteiger partial charge in [-0.05, 0) is 60.0 Å². The van der Waals surface area contributed by atoms with Gasteiger partial charge >= 0.3 is 0 Å². The molecular weight excluding hydrogens is 364 g/mol. The van der Waals surface area contributed by atoms with Crippen molar-refractivity contribution in [3.63, 3.8) is 0 Å². The summed E-state index contributed by atoms with van der Waals surface area (Å²) in [5.74, 6) is 0.688. The molecule has 1 heterocycles. The Morgan fingerprint density at radius 2 is 1.76 bits per heavy atom. The van der Waals surface area contributed by atoms with Crippen LogP contribution in [0.15, 0.2) is 72.8 Å². The second-order valence-corrected chi connectivity index (χ2v) is 6.99. The molecule has 0 aromatic heterocycles. The Morgan fingerprint density at radius 1 is 1.00 bits per heavy atom. The summed E-state index contributed by atoms with van der Waals surface area (Å²) in [5.41, 5.74) is 4.32. The SMILES string of the molecule is COc1ccc(CC(=O)Nc2ccc3c(c2)CCN3C(=O)c2ccccc2)cc1. The van der Waals surface area contributed by atoms with Crippen molar-refractivity contribution in [1.82, 2.24) is 0 Å². The third-order valence-electron chi connectivity index (χ3n) is 5.05. The number of nitrogens with zero attached hydrogens (tertiary/aromatic N) is 1. The zero-order valence-corrected chi connectivity index (χ0v) is 16.2. The Bertz CT molecular complexity index is 1030. The minimum atomic E-state index is -0.0784. The van der Waals surface area contributed by atoms with Crippen LogP contribution in [0.1, 0.15) is 21.5 Å². The minimum Gasteiger partial charge on any atom is -0.497 e. The number of methoxy groups -OCH3 is 1. The lowest BCUT2D eigenvalue weighted by molar-refractivity contribution is -0.115. The molecule has 4 rings (SSSR count). The van der Waals surface area contributed by atoms with E-state index in [2.05, 4.69) is 5.32 Å². The molecule has 0 spiro atoms. The van der Waals surface area contributed by atoms with E-state index in [4.69, 9.17) is 4.74 Å². The van der Waals surface area contributed by atoms with Crippen molar-refractivity contribution >= 4 is 23.2 Å². The number of nitrogens with one attached hydrogen (secondary N) is 1. The van der Waals surface area contributed by atoms with E-state index < -0.39 is 0 Å². The van der Waals surface area contributed by atoms with Crippen LogP contribution in [-0.2, 0) is 17.6 Å². The molecule has 1 aliphatic rings. The zero-order chi connectivity index (χ0) is 20.2. The van der Waals surface area contributed by atoms with Gasteiger partial charge in [-0.1, -0.05) is 30.3 Å². The number of carbonyl (C=O) groups excluding carboxylic acids is 2. The fourth-order valence-electron chi connectivity index (χ4n) is 3.56. The normalized spacial score (nSPS) is 12.4. The highest BCUT2D eigenvalue weighted by atomic mass is 16.5. The lowest BCUT2D eigenvalue weighted by Crippen LogP contribution is -2.28.